The number of rotatable bonds is 6. The topological polar surface area (TPSA) is 66.9 Å². The molecule has 0 aliphatic rings. The summed E-state index contributed by atoms with van der Waals surface area (Å²) in [5.74, 6) is -0.0499. The summed E-state index contributed by atoms with van der Waals surface area (Å²) in [5, 5.41) is 6.31. The first kappa shape index (κ1) is 20.0. The fourth-order valence-corrected chi connectivity index (χ4v) is 3.88. The SMILES string of the molecule is O=C(Nc1cnc(NCc2ccccn2)c(Cl)c1)c1ccc(-c2ccc(F)cc2)s1. The molecule has 3 heterocycles. The van der Waals surface area contributed by atoms with E-state index in [1.54, 1.807) is 36.7 Å². The Balaban J connectivity index is 1.41. The third kappa shape index (κ3) is 4.82. The summed E-state index contributed by atoms with van der Waals surface area (Å²) in [7, 11) is 0. The maximum atomic E-state index is 13.1. The van der Waals surface area contributed by atoms with Gasteiger partial charge in [-0.3, -0.25) is 9.78 Å². The van der Waals surface area contributed by atoms with E-state index < -0.39 is 0 Å². The lowest BCUT2D eigenvalue weighted by Gasteiger charge is -2.09. The highest BCUT2D eigenvalue weighted by atomic mass is 35.5. The molecule has 0 fully saturated rings. The third-order valence-corrected chi connectivity index (χ3v) is 5.64. The molecule has 5 nitrogen and oxygen atoms in total. The highest BCUT2D eigenvalue weighted by Crippen LogP contribution is 2.29. The minimum absolute atomic E-state index is 0.263. The molecule has 0 unspecified atom stereocenters. The Hall–Kier alpha value is -3.29. The number of hydrogen-bond acceptors (Lipinski definition) is 5. The van der Waals surface area contributed by atoms with E-state index in [1.165, 1.54) is 23.5 Å². The molecule has 1 amide bonds. The molecule has 4 rings (SSSR count). The zero-order valence-corrected chi connectivity index (χ0v) is 17.2. The first-order chi connectivity index (χ1) is 14.6. The highest BCUT2D eigenvalue weighted by Gasteiger charge is 2.12. The largest absolute Gasteiger partial charge is 0.363 e. The number of nitrogens with one attached hydrogen (secondary N) is 2. The van der Waals surface area contributed by atoms with Gasteiger partial charge in [-0.15, -0.1) is 11.3 Å². The number of benzene rings is 1. The van der Waals surface area contributed by atoms with Crippen LogP contribution in [0.1, 0.15) is 15.4 Å². The van der Waals surface area contributed by atoms with Gasteiger partial charge in [-0.25, -0.2) is 9.37 Å². The van der Waals surface area contributed by atoms with Crippen molar-refractivity contribution in [3.05, 3.63) is 94.5 Å². The number of amides is 1. The Bertz CT molecular complexity index is 1170. The minimum atomic E-state index is -0.296. The number of carbonyl (C=O) groups is 1. The van der Waals surface area contributed by atoms with E-state index in [9.17, 15) is 9.18 Å². The van der Waals surface area contributed by atoms with Crippen LogP contribution in [-0.4, -0.2) is 15.9 Å². The molecule has 0 spiro atoms. The molecule has 0 radical (unpaired) electrons. The van der Waals surface area contributed by atoms with Gasteiger partial charge in [0.2, 0.25) is 0 Å². The van der Waals surface area contributed by atoms with Crippen molar-refractivity contribution >= 4 is 40.4 Å². The number of anilines is 2. The van der Waals surface area contributed by atoms with E-state index in [0.29, 0.717) is 27.9 Å². The molecular weight excluding hydrogens is 423 g/mol. The highest BCUT2D eigenvalue weighted by molar-refractivity contribution is 7.17. The molecular formula is C22H16ClFN4OS. The van der Waals surface area contributed by atoms with Crippen LogP contribution in [0.5, 0.6) is 0 Å². The molecule has 150 valence electrons. The molecule has 0 bridgehead atoms. The predicted molar refractivity (Wildman–Crippen MR) is 118 cm³/mol. The summed E-state index contributed by atoms with van der Waals surface area (Å²) >= 11 is 7.62. The van der Waals surface area contributed by atoms with Crippen molar-refractivity contribution < 1.29 is 9.18 Å². The molecule has 0 aliphatic heterocycles. The number of nitrogens with zero attached hydrogens (tertiary/aromatic N) is 2. The summed E-state index contributed by atoms with van der Waals surface area (Å²) in [4.78, 5) is 22.5. The van der Waals surface area contributed by atoms with Crippen LogP contribution in [0.4, 0.5) is 15.9 Å². The van der Waals surface area contributed by atoms with Crippen LogP contribution < -0.4 is 10.6 Å². The van der Waals surface area contributed by atoms with Crippen molar-refractivity contribution in [2.45, 2.75) is 6.54 Å². The van der Waals surface area contributed by atoms with Gasteiger partial charge in [0.25, 0.3) is 5.91 Å². The summed E-state index contributed by atoms with van der Waals surface area (Å²) in [6, 6.07) is 17.0. The van der Waals surface area contributed by atoms with Crippen molar-refractivity contribution in [2.24, 2.45) is 0 Å². The normalized spacial score (nSPS) is 10.6. The molecule has 1 aromatic carbocycles. The van der Waals surface area contributed by atoms with Crippen molar-refractivity contribution in [1.82, 2.24) is 9.97 Å². The molecule has 2 N–H and O–H groups in total. The lowest BCUT2D eigenvalue weighted by atomic mass is 10.2. The van der Waals surface area contributed by atoms with Gasteiger partial charge in [0, 0.05) is 11.1 Å². The van der Waals surface area contributed by atoms with Crippen LogP contribution in [0.2, 0.25) is 5.02 Å². The van der Waals surface area contributed by atoms with E-state index in [2.05, 4.69) is 20.6 Å². The second kappa shape index (κ2) is 9.02. The molecule has 0 aliphatic carbocycles. The maximum Gasteiger partial charge on any atom is 0.265 e. The average molecular weight is 439 g/mol. The average Bonchev–Trinajstić information content (AvgIpc) is 3.25. The molecule has 4 aromatic rings. The second-order valence-corrected chi connectivity index (χ2v) is 7.84. The zero-order valence-electron chi connectivity index (χ0n) is 15.6. The molecule has 30 heavy (non-hydrogen) atoms. The zero-order chi connectivity index (χ0) is 20.9. The monoisotopic (exact) mass is 438 g/mol. The Morgan fingerprint density at radius 3 is 2.63 bits per heavy atom. The van der Waals surface area contributed by atoms with Crippen molar-refractivity contribution in [3.63, 3.8) is 0 Å². The molecule has 0 saturated heterocycles. The van der Waals surface area contributed by atoms with E-state index in [0.717, 1.165) is 16.1 Å². The van der Waals surface area contributed by atoms with E-state index >= 15 is 0 Å². The van der Waals surface area contributed by atoms with Gasteiger partial charge in [-0.1, -0.05) is 29.8 Å². The smallest absolute Gasteiger partial charge is 0.265 e. The Morgan fingerprint density at radius 1 is 1.07 bits per heavy atom. The summed E-state index contributed by atoms with van der Waals surface area (Å²) in [5.41, 5.74) is 2.21. The van der Waals surface area contributed by atoms with E-state index in [4.69, 9.17) is 11.6 Å². The van der Waals surface area contributed by atoms with Crippen LogP contribution in [-0.2, 0) is 6.54 Å². The molecule has 0 atom stereocenters. The first-order valence-electron chi connectivity index (χ1n) is 9.05. The van der Waals surface area contributed by atoms with Gasteiger partial charge in [-0.2, -0.15) is 0 Å². The van der Waals surface area contributed by atoms with Crippen LogP contribution in [0, 0.1) is 5.82 Å². The fraction of sp³-hybridized carbons (Fsp3) is 0.0455. The lowest BCUT2D eigenvalue weighted by Crippen LogP contribution is -2.11. The summed E-state index contributed by atoms with van der Waals surface area (Å²) < 4.78 is 13.1. The molecule has 0 saturated carbocycles. The van der Waals surface area contributed by atoms with Crippen LogP contribution >= 0.6 is 22.9 Å². The second-order valence-electron chi connectivity index (χ2n) is 6.35. The first-order valence-corrected chi connectivity index (χ1v) is 10.2. The van der Waals surface area contributed by atoms with Gasteiger partial charge in [0.1, 0.15) is 11.6 Å². The minimum Gasteiger partial charge on any atom is -0.363 e. The summed E-state index contributed by atoms with van der Waals surface area (Å²) in [6.07, 6.45) is 3.26. The Labute approximate surface area is 181 Å². The van der Waals surface area contributed by atoms with Crippen LogP contribution in [0.15, 0.2) is 73.1 Å². The van der Waals surface area contributed by atoms with Gasteiger partial charge < -0.3 is 10.6 Å². The summed E-state index contributed by atoms with van der Waals surface area (Å²) in [6.45, 7) is 0.487. The number of halogens is 2. The Morgan fingerprint density at radius 2 is 1.90 bits per heavy atom. The quantitative estimate of drug-likeness (QED) is 0.395. The number of hydrogen-bond donors (Lipinski definition) is 2. The van der Waals surface area contributed by atoms with E-state index in [-0.39, 0.29) is 11.7 Å². The third-order valence-electron chi connectivity index (χ3n) is 4.22. The van der Waals surface area contributed by atoms with Crippen LogP contribution in [0.25, 0.3) is 10.4 Å². The van der Waals surface area contributed by atoms with Crippen molar-refractivity contribution in [3.8, 4) is 10.4 Å². The van der Waals surface area contributed by atoms with Crippen molar-refractivity contribution in [2.75, 3.05) is 10.6 Å². The van der Waals surface area contributed by atoms with E-state index in [1.807, 2.05) is 24.3 Å². The van der Waals surface area contributed by atoms with Gasteiger partial charge in [-0.05, 0) is 48.0 Å². The predicted octanol–water partition coefficient (Wildman–Crippen LogP) is 5.86. The molecule has 3 aromatic heterocycles. The number of aromatic nitrogens is 2. The van der Waals surface area contributed by atoms with Crippen molar-refractivity contribution in [1.29, 1.82) is 0 Å². The Kier molecular flexibility index (Phi) is 6.02. The van der Waals surface area contributed by atoms with Gasteiger partial charge >= 0.3 is 0 Å². The van der Waals surface area contributed by atoms with Gasteiger partial charge in [0.05, 0.1) is 34.0 Å². The number of carbonyl (C=O) groups excluding carboxylic acids is 1. The number of thiophene rings is 1. The number of pyridine rings is 2. The maximum absolute atomic E-state index is 13.1. The van der Waals surface area contributed by atoms with Crippen LogP contribution in [0.3, 0.4) is 0 Å². The fourth-order valence-electron chi connectivity index (χ4n) is 2.74. The molecule has 8 heteroatoms. The standard InChI is InChI=1S/C22H16ClFN4OS/c23-18-11-17(13-27-21(18)26-12-16-3-1-2-10-25-16)28-22(29)20-9-8-19(30-20)14-4-6-15(24)7-5-14/h1-11,13H,12H2,(H,26,27)(H,28,29). The van der Waals surface area contributed by atoms with Gasteiger partial charge in [0.15, 0.2) is 0 Å². The lowest BCUT2D eigenvalue weighted by molar-refractivity contribution is 0.103.